The van der Waals surface area contributed by atoms with Crippen molar-refractivity contribution in [2.24, 2.45) is 5.92 Å². The van der Waals surface area contributed by atoms with E-state index in [4.69, 9.17) is 0 Å². The highest BCUT2D eigenvalue weighted by molar-refractivity contribution is 5.98. The summed E-state index contributed by atoms with van der Waals surface area (Å²) in [7, 11) is 0. The van der Waals surface area contributed by atoms with E-state index < -0.39 is 6.36 Å². The Hall–Kier alpha value is -3.40. The van der Waals surface area contributed by atoms with E-state index in [1.807, 2.05) is 0 Å². The monoisotopic (exact) mass is 533 g/mol. The Bertz CT molecular complexity index is 1230. The van der Waals surface area contributed by atoms with Crippen LogP contribution < -0.4 is 10.1 Å². The number of amides is 1. The van der Waals surface area contributed by atoms with Gasteiger partial charge in [-0.25, -0.2) is 4.39 Å². The van der Waals surface area contributed by atoms with E-state index in [0.717, 1.165) is 58.2 Å². The zero-order valence-corrected chi connectivity index (χ0v) is 21.0. The summed E-state index contributed by atoms with van der Waals surface area (Å²) in [6.07, 6.45) is 0.700. The number of aromatic nitrogens is 1. The molecule has 2 aromatic carbocycles. The molecule has 0 spiro atoms. The molecular weight excluding hydrogens is 502 g/mol. The van der Waals surface area contributed by atoms with Gasteiger partial charge in [-0.3, -0.25) is 9.59 Å². The summed E-state index contributed by atoms with van der Waals surface area (Å²) in [5, 5.41) is 3.46. The van der Waals surface area contributed by atoms with Crippen molar-refractivity contribution in [2.75, 3.05) is 26.2 Å². The number of benzene rings is 2. The molecule has 1 aliphatic rings. The summed E-state index contributed by atoms with van der Waals surface area (Å²) in [5.41, 5.74) is 1.25. The number of hydrogen-bond donors (Lipinski definition) is 2. The van der Waals surface area contributed by atoms with Crippen molar-refractivity contribution in [1.82, 2.24) is 15.2 Å². The Labute approximate surface area is 218 Å². The molecule has 38 heavy (non-hydrogen) atoms. The molecular formula is C28H31F4N3O3. The average Bonchev–Trinajstić information content (AvgIpc) is 3.31. The lowest BCUT2D eigenvalue weighted by Crippen LogP contribution is -2.36. The number of aromatic amines is 1. The molecule has 3 aromatic rings. The predicted molar refractivity (Wildman–Crippen MR) is 136 cm³/mol. The third-order valence-corrected chi connectivity index (χ3v) is 6.85. The number of ketones is 1. The Morgan fingerprint density at radius 1 is 0.974 bits per heavy atom. The number of ether oxygens (including phenoxy) is 1. The number of halogens is 4. The smallest absolute Gasteiger partial charge is 0.406 e. The summed E-state index contributed by atoms with van der Waals surface area (Å²) in [6.45, 7) is 3.23. The van der Waals surface area contributed by atoms with Crippen LogP contribution in [0.15, 0.2) is 48.5 Å². The third-order valence-electron chi connectivity index (χ3n) is 6.85. The first kappa shape index (κ1) is 27.6. The van der Waals surface area contributed by atoms with Crippen molar-refractivity contribution < 1.29 is 31.9 Å². The molecule has 0 unspecified atom stereocenters. The molecule has 1 aromatic heterocycles. The second kappa shape index (κ2) is 12.4. The minimum absolute atomic E-state index is 0.00661. The zero-order chi connectivity index (χ0) is 27.1. The number of alkyl halides is 3. The third kappa shape index (κ3) is 7.80. The van der Waals surface area contributed by atoms with Gasteiger partial charge in [0.05, 0.1) is 0 Å². The highest BCUT2D eigenvalue weighted by atomic mass is 19.4. The highest BCUT2D eigenvalue weighted by Gasteiger charge is 2.31. The fourth-order valence-electron chi connectivity index (χ4n) is 4.81. The standard InChI is InChI=1S/C28H31F4N3O3/c29-22-8-5-19(6-9-22)26(36)20-11-15-35(16-12-20)14-4-2-1-3-13-33-27(37)25-17-21-7-10-23(18-24(21)34-25)38-28(30,31)32/h5-10,17-18,20,34H,1-4,11-16H2,(H,33,37). The number of hydrogen-bond acceptors (Lipinski definition) is 4. The van der Waals surface area contributed by atoms with Gasteiger partial charge in [-0.2, -0.15) is 0 Å². The molecule has 204 valence electrons. The molecule has 2 heterocycles. The quantitative estimate of drug-likeness (QED) is 0.178. The van der Waals surface area contributed by atoms with Gasteiger partial charge in [0, 0.05) is 35.0 Å². The number of carbonyl (C=O) groups excluding carboxylic acids is 2. The van der Waals surface area contributed by atoms with Gasteiger partial charge in [-0.15, -0.1) is 13.2 Å². The van der Waals surface area contributed by atoms with Gasteiger partial charge < -0.3 is 19.9 Å². The summed E-state index contributed by atoms with van der Waals surface area (Å²) in [5.74, 6) is -0.903. The maximum atomic E-state index is 13.1. The Morgan fingerprint density at radius 2 is 1.68 bits per heavy atom. The molecule has 0 atom stereocenters. The van der Waals surface area contributed by atoms with Crippen molar-refractivity contribution in [3.63, 3.8) is 0 Å². The lowest BCUT2D eigenvalue weighted by atomic mass is 9.89. The maximum Gasteiger partial charge on any atom is 0.573 e. The minimum atomic E-state index is -4.77. The van der Waals surface area contributed by atoms with Crippen LogP contribution in [0.25, 0.3) is 10.9 Å². The number of rotatable bonds is 11. The van der Waals surface area contributed by atoms with Crippen molar-refractivity contribution in [2.45, 2.75) is 44.9 Å². The minimum Gasteiger partial charge on any atom is -0.406 e. The number of nitrogens with one attached hydrogen (secondary N) is 2. The van der Waals surface area contributed by atoms with Crippen LogP contribution in [-0.2, 0) is 0 Å². The molecule has 6 nitrogen and oxygen atoms in total. The van der Waals surface area contributed by atoms with Crippen LogP contribution in [0.3, 0.4) is 0 Å². The Balaban J connectivity index is 1.09. The number of H-pyrrole nitrogens is 1. The van der Waals surface area contributed by atoms with E-state index >= 15 is 0 Å². The molecule has 4 rings (SSSR count). The van der Waals surface area contributed by atoms with E-state index in [-0.39, 0.29) is 34.9 Å². The van der Waals surface area contributed by atoms with E-state index in [0.29, 0.717) is 23.0 Å². The number of fused-ring (bicyclic) bond motifs is 1. The zero-order valence-electron chi connectivity index (χ0n) is 21.0. The number of likely N-dealkylation sites (tertiary alicyclic amines) is 1. The molecule has 10 heteroatoms. The fourth-order valence-corrected chi connectivity index (χ4v) is 4.81. The van der Waals surface area contributed by atoms with Gasteiger partial charge in [0.25, 0.3) is 5.91 Å². The molecule has 1 fully saturated rings. The van der Waals surface area contributed by atoms with E-state index in [1.54, 1.807) is 18.2 Å². The van der Waals surface area contributed by atoms with Gasteiger partial charge in [0.1, 0.15) is 17.3 Å². The van der Waals surface area contributed by atoms with Crippen LogP contribution in [0.2, 0.25) is 0 Å². The van der Waals surface area contributed by atoms with Crippen LogP contribution in [-0.4, -0.2) is 54.1 Å². The van der Waals surface area contributed by atoms with E-state index in [1.165, 1.54) is 30.3 Å². The van der Waals surface area contributed by atoms with Crippen LogP contribution in [0.4, 0.5) is 17.6 Å². The van der Waals surface area contributed by atoms with Crippen LogP contribution in [0, 0.1) is 11.7 Å². The van der Waals surface area contributed by atoms with E-state index in [2.05, 4.69) is 19.9 Å². The van der Waals surface area contributed by atoms with Crippen LogP contribution in [0.1, 0.15) is 59.4 Å². The number of unbranched alkanes of at least 4 members (excludes halogenated alkanes) is 3. The van der Waals surface area contributed by atoms with Gasteiger partial charge >= 0.3 is 6.36 Å². The summed E-state index contributed by atoms with van der Waals surface area (Å²) in [4.78, 5) is 30.2. The molecule has 0 radical (unpaired) electrons. The summed E-state index contributed by atoms with van der Waals surface area (Å²) >= 11 is 0. The molecule has 0 bridgehead atoms. The van der Waals surface area contributed by atoms with Crippen molar-refractivity contribution >= 4 is 22.6 Å². The molecule has 2 N–H and O–H groups in total. The molecule has 1 saturated heterocycles. The van der Waals surface area contributed by atoms with Crippen molar-refractivity contribution in [3.05, 3.63) is 65.6 Å². The first-order valence-electron chi connectivity index (χ1n) is 12.9. The number of piperidine rings is 1. The Kier molecular flexibility index (Phi) is 9.04. The number of Topliss-reactive ketones (excluding diaryl/α,β-unsaturated/α-hetero) is 1. The topological polar surface area (TPSA) is 74.4 Å². The lowest BCUT2D eigenvalue weighted by Gasteiger charge is -2.31. The molecule has 0 aliphatic carbocycles. The summed E-state index contributed by atoms with van der Waals surface area (Å²) < 4.78 is 54.2. The van der Waals surface area contributed by atoms with Gasteiger partial charge in [-0.1, -0.05) is 12.8 Å². The summed E-state index contributed by atoms with van der Waals surface area (Å²) in [6, 6.07) is 11.2. The van der Waals surface area contributed by atoms with Gasteiger partial charge in [0.15, 0.2) is 5.78 Å². The highest BCUT2D eigenvalue weighted by Crippen LogP contribution is 2.27. The van der Waals surface area contributed by atoms with Gasteiger partial charge in [0.2, 0.25) is 0 Å². The molecule has 1 aliphatic heterocycles. The number of nitrogens with zero attached hydrogens (tertiary/aromatic N) is 1. The van der Waals surface area contributed by atoms with E-state index in [9.17, 15) is 27.2 Å². The van der Waals surface area contributed by atoms with Crippen LogP contribution in [0.5, 0.6) is 5.75 Å². The maximum absolute atomic E-state index is 13.1. The van der Waals surface area contributed by atoms with Crippen molar-refractivity contribution in [3.8, 4) is 5.75 Å². The normalized spacial score (nSPS) is 15.1. The molecule has 0 saturated carbocycles. The first-order chi connectivity index (χ1) is 18.2. The number of carbonyl (C=O) groups is 2. The first-order valence-corrected chi connectivity index (χ1v) is 12.9. The largest absolute Gasteiger partial charge is 0.573 e. The molecule has 1 amide bonds. The average molecular weight is 534 g/mol. The fraction of sp³-hybridized carbons (Fsp3) is 0.429. The van der Waals surface area contributed by atoms with Gasteiger partial charge in [-0.05, 0) is 87.8 Å². The Morgan fingerprint density at radius 3 is 2.39 bits per heavy atom. The second-order valence-corrected chi connectivity index (χ2v) is 9.64. The SMILES string of the molecule is O=C(NCCCCCCN1CCC(C(=O)c2ccc(F)cc2)CC1)c1cc2ccc(OC(F)(F)F)cc2[nH]1. The van der Waals surface area contributed by atoms with Crippen molar-refractivity contribution in [1.29, 1.82) is 0 Å². The predicted octanol–water partition coefficient (Wildman–Crippen LogP) is 6.09. The lowest BCUT2D eigenvalue weighted by molar-refractivity contribution is -0.274. The van der Waals surface area contributed by atoms with Crippen LogP contribution >= 0.6 is 0 Å². The second-order valence-electron chi connectivity index (χ2n) is 9.64.